The number of benzene rings is 2. The van der Waals surface area contributed by atoms with E-state index in [0.717, 1.165) is 16.7 Å². The number of ether oxygens (including phenoxy) is 2. The fourth-order valence-corrected chi connectivity index (χ4v) is 3.12. The van der Waals surface area contributed by atoms with Gasteiger partial charge in [0.2, 0.25) is 0 Å². The molecule has 0 unspecified atom stereocenters. The van der Waals surface area contributed by atoms with E-state index in [-0.39, 0.29) is 17.5 Å². The molecule has 0 heterocycles. The molecule has 0 bridgehead atoms. The zero-order valence-electron chi connectivity index (χ0n) is 13.7. The maximum Gasteiger partial charge on any atom is 0.156 e. The molecule has 3 rings (SSSR count). The number of halogens is 1. The van der Waals surface area contributed by atoms with E-state index in [9.17, 15) is 9.18 Å². The number of methoxy groups -OCH3 is 2. The van der Waals surface area contributed by atoms with Gasteiger partial charge in [-0.05, 0) is 59.9 Å². The molecule has 0 amide bonds. The zero-order chi connectivity index (χ0) is 17.1. The van der Waals surface area contributed by atoms with Gasteiger partial charge < -0.3 is 9.47 Å². The van der Waals surface area contributed by atoms with E-state index in [0.29, 0.717) is 24.3 Å². The van der Waals surface area contributed by atoms with Gasteiger partial charge in [0.05, 0.1) is 14.2 Å². The Morgan fingerprint density at radius 3 is 2.42 bits per heavy atom. The van der Waals surface area contributed by atoms with Crippen molar-refractivity contribution in [2.24, 2.45) is 0 Å². The highest BCUT2D eigenvalue weighted by Gasteiger charge is 2.24. The predicted octanol–water partition coefficient (Wildman–Crippen LogP) is 4.37. The second kappa shape index (κ2) is 6.87. The van der Waals surface area contributed by atoms with Crippen molar-refractivity contribution in [3.05, 3.63) is 65.5 Å². The summed E-state index contributed by atoms with van der Waals surface area (Å²) in [7, 11) is 3.21. The van der Waals surface area contributed by atoms with Crippen LogP contribution in [0.15, 0.2) is 48.5 Å². The van der Waals surface area contributed by atoms with Crippen molar-refractivity contribution in [1.82, 2.24) is 0 Å². The Balaban J connectivity index is 1.96. The fraction of sp³-hybridized carbons (Fsp3) is 0.250. The van der Waals surface area contributed by atoms with Crippen LogP contribution in [-0.4, -0.2) is 20.0 Å². The van der Waals surface area contributed by atoms with Crippen molar-refractivity contribution in [2.45, 2.75) is 18.8 Å². The summed E-state index contributed by atoms with van der Waals surface area (Å²) in [4.78, 5) is 12.2. The minimum absolute atomic E-state index is 0.0361. The molecule has 0 aliphatic heterocycles. The summed E-state index contributed by atoms with van der Waals surface area (Å²) >= 11 is 0. The van der Waals surface area contributed by atoms with Gasteiger partial charge in [0.1, 0.15) is 17.3 Å². The lowest BCUT2D eigenvalue weighted by Crippen LogP contribution is -2.13. The molecular weight excluding hydrogens is 307 g/mol. The molecule has 0 saturated heterocycles. The van der Waals surface area contributed by atoms with Gasteiger partial charge in [0.25, 0.3) is 0 Å². The first-order valence-corrected chi connectivity index (χ1v) is 7.82. The van der Waals surface area contributed by atoms with Crippen LogP contribution in [0.3, 0.4) is 0 Å². The van der Waals surface area contributed by atoms with Crippen LogP contribution in [0.2, 0.25) is 0 Å². The molecule has 2 aromatic rings. The van der Waals surface area contributed by atoms with Crippen LogP contribution in [-0.2, 0) is 4.79 Å². The Kier molecular flexibility index (Phi) is 4.65. The summed E-state index contributed by atoms with van der Waals surface area (Å²) in [5.74, 6) is 1.24. The quantitative estimate of drug-likeness (QED) is 0.837. The Morgan fingerprint density at radius 2 is 1.75 bits per heavy atom. The third-order valence-electron chi connectivity index (χ3n) is 4.34. The van der Waals surface area contributed by atoms with Crippen molar-refractivity contribution < 1.29 is 18.7 Å². The minimum atomic E-state index is -0.272. The molecule has 4 heteroatoms. The molecule has 1 atom stereocenters. The maximum absolute atomic E-state index is 13.1. The lowest BCUT2D eigenvalue weighted by molar-refractivity contribution is -0.115. The smallest absolute Gasteiger partial charge is 0.156 e. The molecule has 24 heavy (non-hydrogen) atoms. The molecule has 0 spiro atoms. The molecule has 0 N–H and O–H groups in total. The normalized spacial score (nSPS) is 17.4. The summed E-state index contributed by atoms with van der Waals surface area (Å²) < 4.78 is 23.9. The highest BCUT2D eigenvalue weighted by molar-refractivity contribution is 6.00. The van der Waals surface area contributed by atoms with Crippen LogP contribution < -0.4 is 9.47 Å². The summed E-state index contributed by atoms with van der Waals surface area (Å²) in [5.41, 5.74) is 2.74. The number of carbonyl (C=O) groups is 1. The number of hydrogen-bond donors (Lipinski definition) is 0. The van der Waals surface area contributed by atoms with Crippen molar-refractivity contribution in [3.63, 3.8) is 0 Å². The molecule has 1 aliphatic rings. The maximum atomic E-state index is 13.1. The minimum Gasteiger partial charge on any atom is -0.497 e. The Bertz CT molecular complexity index is 778. The van der Waals surface area contributed by atoms with E-state index < -0.39 is 0 Å². The first-order valence-electron chi connectivity index (χ1n) is 7.82. The van der Waals surface area contributed by atoms with Crippen LogP contribution in [0, 0.1) is 5.82 Å². The number of rotatable bonds is 4. The van der Waals surface area contributed by atoms with Crippen LogP contribution in [0.5, 0.6) is 11.5 Å². The van der Waals surface area contributed by atoms with E-state index in [1.165, 1.54) is 12.1 Å². The molecular formula is C20H19FO3. The van der Waals surface area contributed by atoms with E-state index >= 15 is 0 Å². The van der Waals surface area contributed by atoms with Crippen LogP contribution in [0.4, 0.5) is 4.39 Å². The van der Waals surface area contributed by atoms with Gasteiger partial charge in [-0.15, -0.1) is 0 Å². The highest BCUT2D eigenvalue weighted by Crippen LogP contribution is 2.40. The number of carbonyl (C=O) groups excluding carboxylic acids is 1. The summed E-state index contributed by atoms with van der Waals surface area (Å²) in [6, 6.07) is 11.9. The first kappa shape index (κ1) is 16.2. The Morgan fingerprint density at radius 1 is 1.00 bits per heavy atom. The molecule has 3 nitrogen and oxygen atoms in total. The first-order chi connectivity index (χ1) is 11.6. The highest BCUT2D eigenvalue weighted by atomic mass is 19.1. The van der Waals surface area contributed by atoms with Crippen LogP contribution >= 0.6 is 0 Å². The second-order valence-corrected chi connectivity index (χ2v) is 5.86. The molecule has 124 valence electrons. The van der Waals surface area contributed by atoms with Gasteiger partial charge in [0, 0.05) is 12.0 Å². The average Bonchev–Trinajstić information content (AvgIpc) is 2.61. The summed E-state index contributed by atoms with van der Waals surface area (Å²) in [6.07, 6.45) is 2.81. The number of allylic oxidation sites excluding steroid dienone is 2. The van der Waals surface area contributed by atoms with Gasteiger partial charge in [-0.3, -0.25) is 4.79 Å². The standard InChI is InChI=1S/C20H19FO3/c1-23-18-7-8-20(24-2)19(12-18)15-9-14(10-17(22)11-15)13-3-5-16(21)6-4-13/h3-8,11-12,14H,9-10H2,1-2H3/t14-/m1/s1. The van der Waals surface area contributed by atoms with E-state index in [4.69, 9.17) is 9.47 Å². The predicted molar refractivity (Wildman–Crippen MR) is 90.9 cm³/mol. The largest absolute Gasteiger partial charge is 0.497 e. The topological polar surface area (TPSA) is 35.5 Å². The third kappa shape index (κ3) is 3.32. The third-order valence-corrected chi connectivity index (χ3v) is 4.34. The van der Waals surface area contributed by atoms with Crippen LogP contribution in [0.1, 0.15) is 29.9 Å². The van der Waals surface area contributed by atoms with Crippen molar-refractivity contribution >= 4 is 11.4 Å². The molecule has 0 aromatic heterocycles. The monoisotopic (exact) mass is 326 g/mol. The lowest BCUT2D eigenvalue weighted by atomic mass is 9.81. The summed E-state index contributed by atoms with van der Waals surface area (Å²) in [6.45, 7) is 0. The molecule has 0 fully saturated rings. The van der Waals surface area contributed by atoms with E-state index in [2.05, 4.69) is 0 Å². The fourth-order valence-electron chi connectivity index (χ4n) is 3.12. The van der Waals surface area contributed by atoms with Crippen molar-refractivity contribution in [1.29, 1.82) is 0 Å². The van der Waals surface area contributed by atoms with Crippen molar-refractivity contribution in [3.8, 4) is 11.5 Å². The van der Waals surface area contributed by atoms with Gasteiger partial charge in [-0.2, -0.15) is 0 Å². The lowest BCUT2D eigenvalue weighted by Gasteiger charge is -2.24. The zero-order valence-corrected chi connectivity index (χ0v) is 13.7. The second-order valence-electron chi connectivity index (χ2n) is 5.86. The number of ketones is 1. The van der Waals surface area contributed by atoms with Crippen molar-refractivity contribution in [2.75, 3.05) is 14.2 Å². The van der Waals surface area contributed by atoms with Gasteiger partial charge in [-0.1, -0.05) is 12.1 Å². The van der Waals surface area contributed by atoms with E-state index in [1.54, 1.807) is 32.4 Å². The molecule has 0 radical (unpaired) electrons. The SMILES string of the molecule is COc1ccc(OC)c(C2=CC(=O)C[C@H](c3ccc(F)cc3)C2)c1. The Hall–Kier alpha value is -2.62. The van der Waals surface area contributed by atoms with Gasteiger partial charge in [0.15, 0.2) is 5.78 Å². The number of hydrogen-bond acceptors (Lipinski definition) is 3. The molecule has 2 aromatic carbocycles. The van der Waals surface area contributed by atoms with Gasteiger partial charge in [-0.25, -0.2) is 4.39 Å². The molecule has 0 saturated carbocycles. The van der Waals surface area contributed by atoms with Gasteiger partial charge >= 0.3 is 0 Å². The molecule has 1 aliphatic carbocycles. The van der Waals surface area contributed by atoms with E-state index in [1.807, 2.05) is 18.2 Å². The average molecular weight is 326 g/mol. The summed E-state index contributed by atoms with van der Waals surface area (Å²) in [5, 5.41) is 0. The van der Waals surface area contributed by atoms with Crippen LogP contribution in [0.25, 0.3) is 5.57 Å². The Labute approximate surface area is 140 Å².